The van der Waals surface area contributed by atoms with Gasteiger partial charge in [0.25, 0.3) is 0 Å². The van der Waals surface area contributed by atoms with E-state index < -0.39 is 12.0 Å². The maximum absolute atomic E-state index is 12.5. The summed E-state index contributed by atoms with van der Waals surface area (Å²) in [5.41, 5.74) is 2.04. The number of rotatable bonds is 4. The first-order valence-corrected chi connectivity index (χ1v) is 7.52. The number of anilines is 1. The minimum atomic E-state index is -0.978. The molecule has 0 aromatic heterocycles. The molecule has 1 aromatic carbocycles. The maximum Gasteiger partial charge on any atom is 0.326 e. The summed E-state index contributed by atoms with van der Waals surface area (Å²) in [6.07, 6.45) is 4.08. The molecule has 0 unspecified atom stereocenters. The first-order chi connectivity index (χ1) is 10.1. The van der Waals surface area contributed by atoms with E-state index in [1.54, 1.807) is 4.90 Å². The molecule has 5 heteroatoms. The lowest BCUT2D eigenvalue weighted by molar-refractivity contribution is -0.139. The van der Waals surface area contributed by atoms with Gasteiger partial charge in [-0.1, -0.05) is 31.5 Å². The Morgan fingerprint density at radius 3 is 2.81 bits per heavy atom. The number of urea groups is 1. The summed E-state index contributed by atoms with van der Waals surface area (Å²) in [4.78, 5) is 25.3. The van der Waals surface area contributed by atoms with E-state index in [2.05, 4.69) is 5.32 Å². The molecule has 2 N–H and O–H groups in total. The van der Waals surface area contributed by atoms with Gasteiger partial charge < -0.3 is 10.4 Å². The Bertz CT molecular complexity index is 516. The quantitative estimate of drug-likeness (QED) is 0.896. The van der Waals surface area contributed by atoms with Crippen LogP contribution in [0.3, 0.4) is 0 Å². The number of carboxylic acids is 1. The second kappa shape index (κ2) is 7.11. The zero-order valence-electron chi connectivity index (χ0n) is 12.3. The fraction of sp³-hybridized carbons (Fsp3) is 0.500. The number of fused-ring (bicyclic) bond motifs is 1. The number of hydrogen-bond acceptors (Lipinski definition) is 2. The van der Waals surface area contributed by atoms with Gasteiger partial charge in [0, 0.05) is 12.2 Å². The fourth-order valence-electron chi connectivity index (χ4n) is 2.68. The van der Waals surface area contributed by atoms with Crippen molar-refractivity contribution in [2.75, 3.05) is 11.4 Å². The van der Waals surface area contributed by atoms with Crippen molar-refractivity contribution in [3.63, 3.8) is 0 Å². The molecule has 1 aliphatic heterocycles. The second-order valence-corrected chi connectivity index (χ2v) is 5.37. The van der Waals surface area contributed by atoms with E-state index in [0.29, 0.717) is 19.4 Å². The van der Waals surface area contributed by atoms with Crippen LogP contribution in [0.2, 0.25) is 0 Å². The topological polar surface area (TPSA) is 69.6 Å². The zero-order chi connectivity index (χ0) is 15.2. The zero-order valence-corrected chi connectivity index (χ0v) is 12.3. The van der Waals surface area contributed by atoms with E-state index >= 15 is 0 Å². The normalized spacial score (nSPS) is 15.8. The molecule has 114 valence electrons. The Balaban J connectivity index is 2.16. The predicted octanol–water partition coefficient (Wildman–Crippen LogP) is 2.79. The average molecular weight is 290 g/mol. The number of nitrogens with one attached hydrogen (secondary N) is 1. The Morgan fingerprint density at radius 2 is 2.10 bits per heavy atom. The van der Waals surface area contributed by atoms with Gasteiger partial charge in [0.15, 0.2) is 0 Å². The van der Waals surface area contributed by atoms with E-state index in [1.807, 2.05) is 31.2 Å². The Kier molecular flexibility index (Phi) is 5.20. The summed E-state index contributed by atoms with van der Waals surface area (Å²) in [5.74, 6) is -0.978. The van der Waals surface area contributed by atoms with Gasteiger partial charge >= 0.3 is 12.0 Å². The van der Waals surface area contributed by atoms with Gasteiger partial charge in [-0.15, -0.1) is 0 Å². The Labute approximate surface area is 125 Å². The van der Waals surface area contributed by atoms with Crippen LogP contribution in [0.1, 0.15) is 38.2 Å². The van der Waals surface area contributed by atoms with Crippen LogP contribution in [0.25, 0.3) is 0 Å². The summed E-state index contributed by atoms with van der Waals surface area (Å²) < 4.78 is 0. The van der Waals surface area contributed by atoms with Crippen molar-refractivity contribution in [2.45, 2.75) is 45.1 Å². The van der Waals surface area contributed by atoms with Crippen LogP contribution in [0.15, 0.2) is 24.3 Å². The van der Waals surface area contributed by atoms with Crippen LogP contribution >= 0.6 is 0 Å². The van der Waals surface area contributed by atoms with Crippen molar-refractivity contribution in [3.05, 3.63) is 29.8 Å². The van der Waals surface area contributed by atoms with Crippen LogP contribution in [0.5, 0.6) is 0 Å². The van der Waals surface area contributed by atoms with E-state index in [9.17, 15) is 9.59 Å². The summed E-state index contributed by atoms with van der Waals surface area (Å²) in [7, 11) is 0. The lowest BCUT2D eigenvalue weighted by atomic mass is 10.1. The fourth-order valence-corrected chi connectivity index (χ4v) is 2.68. The van der Waals surface area contributed by atoms with Crippen molar-refractivity contribution in [3.8, 4) is 0 Å². The Morgan fingerprint density at radius 1 is 1.33 bits per heavy atom. The lowest BCUT2D eigenvalue weighted by Gasteiger charge is -2.25. The number of amides is 2. The highest BCUT2D eigenvalue weighted by Gasteiger charge is 2.25. The predicted molar refractivity (Wildman–Crippen MR) is 81.6 cm³/mol. The Hall–Kier alpha value is -2.04. The SMILES string of the molecule is CCC[C@@H](NC(=O)N1CCCCc2ccccc21)C(=O)O. The smallest absolute Gasteiger partial charge is 0.326 e. The van der Waals surface area contributed by atoms with Gasteiger partial charge in [-0.3, -0.25) is 4.90 Å². The molecule has 2 amide bonds. The van der Waals surface area contributed by atoms with Gasteiger partial charge in [0.1, 0.15) is 6.04 Å². The molecule has 0 saturated carbocycles. The number of carboxylic acid groups (broad SMARTS) is 1. The second-order valence-electron chi connectivity index (χ2n) is 5.37. The number of hydrogen-bond donors (Lipinski definition) is 2. The first-order valence-electron chi connectivity index (χ1n) is 7.52. The molecular formula is C16H22N2O3. The molecular weight excluding hydrogens is 268 g/mol. The number of para-hydroxylation sites is 1. The van der Waals surface area contributed by atoms with E-state index in [1.165, 1.54) is 0 Å². The summed E-state index contributed by atoms with van der Waals surface area (Å²) in [6.45, 7) is 2.53. The average Bonchev–Trinajstić information content (AvgIpc) is 2.69. The molecule has 21 heavy (non-hydrogen) atoms. The molecule has 1 aliphatic rings. The highest BCUT2D eigenvalue weighted by atomic mass is 16.4. The third-order valence-electron chi connectivity index (χ3n) is 3.78. The molecule has 0 spiro atoms. The monoisotopic (exact) mass is 290 g/mol. The molecule has 1 atom stereocenters. The van der Waals surface area contributed by atoms with E-state index in [-0.39, 0.29) is 6.03 Å². The van der Waals surface area contributed by atoms with Crippen LogP contribution < -0.4 is 10.2 Å². The van der Waals surface area contributed by atoms with Crippen molar-refractivity contribution in [1.29, 1.82) is 0 Å². The van der Waals surface area contributed by atoms with Crippen LogP contribution in [-0.4, -0.2) is 29.7 Å². The minimum Gasteiger partial charge on any atom is -0.480 e. The standard InChI is InChI=1S/C16H22N2O3/c1-2-7-13(15(19)20)17-16(21)18-11-6-5-9-12-8-3-4-10-14(12)18/h3-4,8,10,13H,2,5-7,9,11H2,1H3,(H,17,21)(H,19,20)/t13-/m1/s1. The highest BCUT2D eigenvalue weighted by molar-refractivity contribution is 5.95. The number of aryl methyl sites for hydroxylation is 1. The number of benzene rings is 1. The molecule has 2 rings (SSSR count). The molecule has 5 nitrogen and oxygen atoms in total. The van der Waals surface area contributed by atoms with Gasteiger partial charge in [-0.2, -0.15) is 0 Å². The van der Waals surface area contributed by atoms with Gasteiger partial charge in [0.2, 0.25) is 0 Å². The van der Waals surface area contributed by atoms with Gasteiger partial charge in [-0.05, 0) is 37.3 Å². The number of aliphatic carboxylic acids is 1. The largest absolute Gasteiger partial charge is 0.480 e. The van der Waals surface area contributed by atoms with Crippen LogP contribution in [-0.2, 0) is 11.2 Å². The number of carbonyl (C=O) groups excluding carboxylic acids is 1. The minimum absolute atomic E-state index is 0.315. The van der Waals surface area contributed by atoms with Crippen LogP contribution in [0, 0.1) is 0 Å². The molecule has 0 fully saturated rings. The highest BCUT2D eigenvalue weighted by Crippen LogP contribution is 2.26. The van der Waals surface area contributed by atoms with Gasteiger partial charge in [0.05, 0.1) is 0 Å². The summed E-state index contributed by atoms with van der Waals surface area (Å²) in [6, 6.07) is 6.70. The van der Waals surface area contributed by atoms with E-state index in [4.69, 9.17) is 5.11 Å². The number of carbonyl (C=O) groups is 2. The molecule has 0 saturated heterocycles. The van der Waals surface area contributed by atoms with Crippen LogP contribution in [0.4, 0.5) is 10.5 Å². The molecule has 1 aromatic rings. The van der Waals surface area contributed by atoms with Crippen molar-refractivity contribution in [2.24, 2.45) is 0 Å². The first kappa shape index (κ1) is 15.4. The van der Waals surface area contributed by atoms with E-state index in [0.717, 1.165) is 30.5 Å². The molecule has 0 radical (unpaired) electrons. The van der Waals surface area contributed by atoms with Crippen molar-refractivity contribution in [1.82, 2.24) is 5.32 Å². The molecule has 0 aliphatic carbocycles. The van der Waals surface area contributed by atoms with Crippen molar-refractivity contribution < 1.29 is 14.7 Å². The lowest BCUT2D eigenvalue weighted by Crippen LogP contribution is -2.48. The molecule has 1 heterocycles. The number of nitrogens with zero attached hydrogens (tertiary/aromatic N) is 1. The third-order valence-corrected chi connectivity index (χ3v) is 3.78. The van der Waals surface area contributed by atoms with Gasteiger partial charge in [-0.25, -0.2) is 9.59 Å². The van der Waals surface area contributed by atoms with Crippen molar-refractivity contribution >= 4 is 17.7 Å². The third kappa shape index (κ3) is 3.74. The summed E-state index contributed by atoms with van der Waals surface area (Å²) >= 11 is 0. The summed E-state index contributed by atoms with van der Waals surface area (Å²) in [5, 5.41) is 11.8. The molecule has 0 bridgehead atoms. The maximum atomic E-state index is 12.5.